The van der Waals surface area contributed by atoms with Crippen molar-refractivity contribution in [2.75, 3.05) is 6.54 Å². The van der Waals surface area contributed by atoms with E-state index < -0.39 is 18.4 Å². The first-order valence-corrected chi connectivity index (χ1v) is 3.37. The number of aliphatic hydroxyl groups is 1. The first kappa shape index (κ1) is 10.5. The third-order valence-electron chi connectivity index (χ3n) is 1.08. The fourth-order valence-corrected chi connectivity index (χ4v) is 0.520. The molecule has 0 atom stereocenters. The van der Waals surface area contributed by atoms with Gasteiger partial charge >= 0.3 is 5.97 Å². The zero-order valence-electron chi connectivity index (χ0n) is 6.54. The number of carbonyl (C=O) groups excluding carboxylic acids is 1. The van der Waals surface area contributed by atoms with Crippen LogP contribution in [-0.2, 0) is 9.59 Å². The molecule has 0 fully saturated rings. The molecule has 0 heterocycles. The van der Waals surface area contributed by atoms with Gasteiger partial charge in [0.05, 0.1) is 5.76 Å². The summed E-state index contributed by atoms with van der Waals surface area (Å²) in [6.07, 6.45) is 0.216. The van der Waals surface area contributed by atoms with E-state index in [1.54, 1.807) is 0 Å². The van der Waals surface area contributed by atoms with Gasteiger partial charge < -0.3 is 15.5 Å². The highest BCUT2D eigenvalue weighted by molar-refractivity contribution is 5.81. The summed E-state index contributed by atoms with van der Waals surface area (Å²) in [5.74, 6) is -1.58. The predicted octanol–water partition coefficient (Wildman–Crippen LogP) is 0.0391. The van der Waals surface area contributed by atoms with Crippen LogP contribution in [0, 0.1) is 0 Å². The number of rotatable bonds is 5. The Kier molecular flexibility index (Phi) is 4.52. The van der Waals surface area contributed by atoms with Crippen molar-refractivity contribution in [2.24, 2.45) is 0 Å². The molecule has 0 radical (unpaired) electrons. The number of hydrogen-bond donors (Lipinski definition) is 3. The Bertz CT molecular complexity index is 180. The van der Waals surface area contributed by atoms with E-state index in [2.05, 4.69) is 11.9 Å². The van der Waals surface area contributed by atoms with E-state index in [-0.39, 0.29) is 18.6 Å². The molecule has 0 aromatic rings. The third kappa shape index (κ3) is 6.60. The second-order valence-electron chi connectivity index (χ2n) is 2.24. The van der Waals surface area contributed by atoms with Crippen LogP contribution in [-0.4, -0.2) is 28.6 Å². The second-order valence-corrected chi connectivity index (χ2v) is 2.24. The zero-order chi connectivity index (χ0) is 9.56. The largest absolute Gasteiger partial charge is 0.513 e. The van der Waals surface area contributed by atoms with Gasteiger partial charge in [-0.2, -0.15) is 0 Å². The lowest BCUT2D eigenvalue weighted by molar-refractivity contribution is -0.137. The quantitative estimate of drug-likeness (QED) is 0.512. The Balaban J connectivity index is 3.47. The first-order chi connectivity index (χ1) is 5.52. The zero-order valence-corrected chi connectivity index (χ0v) is 6.54. The number of carboxylic acid groups (broad SMARTS) is 1. The molecule has 5 nitrogen and oxygen atoms in total. The Morgan fingerprint density at radius 1 is 1.25 bits per heavy atom. The van der Waals surface area contributed by atoms with Gasteiger partial charge in [-0.1, -0.05) is 6.58 Å². The maximum Gasteiger partial charge on any atom is 0.322 e. The van der Waals surface area contributed by atoms with Crippen molar-refractivity contribution in [2.45, 2.75) is 12.8 Å². The highest BCUT2D eigenvalue weighted by Gasteiger charge is 2.03. The van der Waals surface area contributed by atoms with Gasteiger partial charge in [-0.05, 0) is 0 Å². The average molecular weight is 173 g/mol. The number of amides is 1. The van der Waals surface area contributed by atoms with Gasteiger partial charge in [-0.25, -0.2) is 0 Å². The van der Waals surface area contributed by atoms with Crippen molar-refractivity contribution in [3.63, 3.8) is 0 Å². The van der Waals surface area contributed by atoms with Crippen LogP contribution in [0.15, 0.2) is 12.3 Å². The summed E-state index contributed by atoms with van der Waals surface area (Å²) in [6, 6.07) is 0. The van der Waals surface area contributed by atoms with Crippen molar-refractivity contribution in [3.8, 4) is 0 Å². The van der Waals surface area contributed by atoms with Gasteiger partial charge in [0.1, 0.15) is 6.54 Å². The Hall–Kier alpha value is -1.52. The first-order valence-electron chi connectivity index (χ1n) is 3.37. The summed E-state index contributed by atoms with van der Waals surface area (Å²) in [4.78, 5) is 20.7. The molecule has 0 aliphatic rings. The molecule has 0 aromatic heterocycles. The van der Waals surface area contributed by atoms with Crippen LogP contribution in [0.1, 0.15) is 12.8 Å². The van der Waals surface area contributed by atoms with Crippen LogP contribution < -0.4 is 5.32 Å². The molecule has 0 rings (SSSR count). The maximum atomic E-state index is 10.7. The second kappa shape index (κ2) is 5.17. The van der Waals surface area contributed by atoms with Crippen LogP contribution >= 0.6 is 0 Å². The van der Waals surface area contributed by atoms with Crippen molar-refractivity contribution in [3.05, 3.63) is 12.3 Å². The number of allylic oxidation sites excluding steroid dienone is 1. The summed E-state index contributed by atoms with van der Waals surface area (Å²) in [6.45, 7) is 2.79. The lowest BCUT2D eigenvalue weighted by Gasteiger charge is -2.00. The molecule has 3 N–H and O–H groups in total. The average Bonchev–Trinajstić information content (AvgIpc) is 1.96. The normalized spacial score (nSPS) is 9.00. The Morgan fingerprint density at radius 2 is 1.83 bits per heavy atom. The van der Waals surface area contributed by atoms with Crippen molar-refractivity contribution in [1.82, 2.24) is 5.32 Å². The van der Waals surface area contributed by atoms with Crippen molar-refractivity contribution >= 4 is 11.9 Å². The lowest BCUT2D eigenvalue weighted by atomic mass is 10.3. The van der Waals surface area contributed by atoms with Gasteiger partial charge in [0.15, 0.2) is 0 Å². The van der Waals surface area contributed by atoms with Gasteiger partial charge in [0, 0.05) is 12.8 Å². The molecule has 0 saturated heterocycles. The fourth-order valence-electron chi connectivity index (χ4n) is 0.520. The molecule has 1 amide bonds. The van der Waals surface area contributed by atoms with Crippen LogP contribution in [0.4, 0.5) is 0 Å². The number of aliphatic carboxylic acids is 1. The minimum absolute atomic E-state index is 0.0581. The molecule has 0 unspecified atom stereocenters. The van der Waals surface area contributed by atoms with E-state index in [1.165, 1.54) is 0 Å². The van der Waals surface area contributed by atoms with Crippen LogP contribution in [0.25, 0.3) is 0 Å². The molecule has 5 heteroatoms. The molecule has 68 valence electrons. The van der Waals surface area contributed by atoms with Gasteiger partial charge in [-0.3, -0.25) is 9.59 Å². The van der Waals surface area contributed by atoms with E-state index in [4.69, 9.17) is 10.2 Å². The maximum absolute atomic E-state index is 10.7. The smallest absolute Gasteiger partial charge is 0.322 e. The fraction of sp³-hybridized carbons (Fsp3) is 0.429. The van der Waals surface area contributed by atoms with Crippen LogP contribution in [0.2, 0.25) is 0 Å². The van der Waals surface area contributed by atoms with Crippen molar-refractivity contribution in [1.29, 1.82) is 0 Å². The third-order valence-corrected chi connectivity index (χ3v) is 1.08. The van der Waals surface area contributed by atoms with Gasteiger partial charge in [0.25, 0.3) is 0 Å². The lowest BCUT2D eigenvalue weighted by Crippen LogP contribution is -2.28. The molecule has 0 aliphatic heterocycles. The highest BCUT2D eigenvalue weighted by atomic mass is 16.4. The summed E-state index contributed by atoms with van der Waals surface area (Å²) in [5, 5.41) is 18.9. The molecule has 0 saturated carbocycles. The molecule has 0 spiro atoms. The van der Waals surface area contributed by atoms with Crippen molar-refractivity contribution < 1.29 is 19.8 Å². The number of nitrogens with one attached hydrogen (secondary N) is 1. The minimum atomic E-state index is -1.09. The topological polar surface area (TPSA) is 86.6 Å². The van der Waals surface area contributed by atoms with Gasteiger partial charge in [-0.15, -0.1) is 0 Å². The summed E-state index contributed by atoms with van der Waals surface area (Å²) in [7, 11) is 0. The predicted molar refractivity (Wildman–Crippen MR) is 41.6 cm³/mol. The summed E-state index contributed by atoms with van der Waals surface area (Å²) < 4.78 is 0. The molecular formula is C7H11NO4. The van der Waals surface area contributed by atoms with Crippen LogP contribution in [0.5, 0.6) is 0 Å². The highest BCUT2D eigenvalue weighted by Crippen LogP contribution is 1.96. The number of hydrogen-bond acceptors (Lipinski definition) is 3. The Labute approximate surface area is 69.7 Å². The molecule has 0 aliphatic carbocycles. The minimum Gasteiger partial charge on any atom is -0.513 e. The monoisotopic (exact) mass is 173 g/mol. The standard InChI is InChI=1S/C7H11NO4/c1-5(9)2-3-6(10)8-4-7(11)12/h9H,1-4H2,(H,8,10)(H,11,12). The molecule has 12 heavy (non-hydrogen) atoms. The summed E-state index contributed by atoms with van der Waals surface area (Å²) in [5.41, 5.74) is 0. The molecule has 0 bridgehead atoms. The SMILES string of the molecule is C=C(O)CCC(=O)NCC(=O)O. The number of carboxylic acids is 1. The van der Waals surface area contributed by atoms with E-state index >= 15 is 0 Å². The van der Waals surface area contributed by atoms with E-state index in [1.807, 2.05) is 0 Å². The number of carbonyl (C=O) groups is 2. The van der Waals surface area contributed by atoms with E-state index in [0.717, 1.165) is 0 Å². The van der Waals surface area contributed by atoms with Crippen LogP contribution in [0.3, 0.4) is 0 Å². The summed E-state index contributed by atoms with van der Waals surface area (Å²) >= 11 is 0. The van der Waals surface area contributed by atoms with Gasteiger partial charge in [0.2, 0.25) is 5.91 Å². The van der Waals surface area contributed by atoms with E-state index in [9.17, 15) is 9.59 Å². The van der Waals surface area contributed by atoms with E-state index in [0.29, 0.717) is 0 Å². The number of aliphatic hydroxyl groups excluding tert-OH is 1. The Morgan fingerprint density at radius 3 is 2.25 bits per heavy atom. The molecular weight excluding hydrogens is 162 g/mol. The molecule has 0 aromatic carbocycles.